The van der Waals surface area contributed by atoms with Crippen LogP contribution in [0, 0.1) is 0 Å². The van der Waals surface area contributed by atoms with Crippen LogP contribution < -0.4 is 5.73 Å². The fourth-order valence-corrected chi connectivity index (χ4v) is 1.84. The summed E-state index contributed by atoms with van der Waals surface area (Å²) in [5, 5.41) is 0. The molecular formula is C7H13NO. The summed E-state index contributed by atoms with van der Waals surface area (Å²) in [6.45, 7) is 2.16. The molecule has 2 rings (SSSR count). The lowest BCUT2D eigenvalue weighted by Gasteiger charge is -2.17. The lowest BCUT2D eigenvalue weighted by atomic mass is 9.88. The van der Waals surface area contributed by atoms with E-state index in [-0.39, 0.29) is 5.60 Å². The van der Waals surface area contributed by atoms with Crippen LogP contribution in [0.15, 0.2) is 0 Å². The van der Waals surface area contributed by atoms with Crippen LogP contribution in [-0.2, 0) is 4.74 Å². The van der Waals surface area contributed by atoms with E-state index in [0.29, 0.717) is 12.1 Å². The van der Waals surface area contributed by atoms with Gasteiger partial charge in [-0.2, -0.15) is 0 Å². The van der Waals surface area contributed by atoms with E-state index in [0.717, 1.165) is 6.42 Å². The minimum Gasteiger partial charge on any atom is -0.365 e. The standard InChI is InChI=1S/C7H13NO/c1-7-4-2-3-5(8)6(7)9-7/h5-6H,2-4,8H2,1H3/t5-,6-,7+/m1/s1. The molecule has 1 aliphatic heterocycles. The Bertz CT molecular complexity index is 137. The van der Waals surface area contributed by atoms with Crippen LogP contribution in [0.4, 0.5) is 0 Å². The molecule has 3 atom stereocenters. The Morgan fingerprint density at radius 1 is 1.67 bits per heavy atom. The van der Waals surface area contributed by atoms with Crippen LogP contribution >= 0.6 is 0 Å². The molecule has 1 saturated carbocycles. The van der Waals surface area contributed by atoms with E-state index in [9.17, 15) is 0 Å². The van der Waals surface area contributed by atoms with E-state index in [1.54, 1.807) is 0 Å². The SMILES string of the molecule is C[C@]12CCC[C@@H](N)[C@H]1O2. The summed E-state index contributed by atoms with van der Waals surface area (Å²) >= 11 is 0. The molecule has 52 valence electrons. The first-order valence-electron chi connectivity index (χ1n) is 3.66. The average molecular weight is 127 g/mol. The van der Waals surface area contributed by atoms with E-state index in [4.69, 9.17) is 10.5 Å². The van der Waals surface area contributed by atoms with Crippen molar-refractivity contribution in [3.63, 3.8) is 0 Å². The fourth-order valence-electron chi connectivity index (χ4n) is 1.84. The first-order valence-corrected chi connectivity index (χ1v) is 3.66. The first-order chi connectivity index (χ1) is 4.22. The number of nitrogens with two attached hydrogens (primary N) is 1. The minimum atomic E-state index is 0.192. The Morgan fingerprint density at radius 2 is 2.44 bits per heavy atom. The minimum absolute atomic E-state index is 0.192. The molecule has 2 heteroatoms. The zero-order valence-corrected chi connectivity index (χ0v) is 5.76. The molecule has 0 amide bonds. The summed E-state index contributed by atoms with van der Waals surface area (Å²) < 4.78 is 5.45. The lowest BCUT2D eigenvalue weighted by molar-refractivity contribution is 0.303. The van der Waals surface area contributed by atoms with Crippen LogP contribution in [0.5, 0.6) is 0 Å². The summed E-state index contributed by atoms with van der Waals surface area (Å²) in [6.07, 6.45) is 4.01. The maximum atomic E-state index is 5.78. The monoisotopic (exact) mass is 127 g/mol. The van der Waals surface area contributed by atoms with Gasteiger partial charge in [0, 0.05) is 6.04 Å². The molecule has 2 nitrogen and oxygen atoms in total. The zero-order chi connectivity index (χ0) is 6.48. The molecule has 0 spiro atoms. The maximum absolute atomic E-state index is 5.78. The van der Waals surface area contributed by atoms with Crippen molar-refractivity contribution in [2.24, 2.45) is 5.73 Å². The van der Waals surface area contributed by atoms with Gasteiger partial charge in [-0.05, 0) is 26.2 Å². The third-order valence-corrected chi connectivity index (χ3v) is 2.54. The number of epoxide rings is 1. The molecule has 0 unspecified atom stereocenters. The fraction of sp³-hybridized carbons (Fsp3) is 1.00. The Hall–Kier alpha value is -0.0800. The molecule has 0 aromatic heterocycles. The zero-order valence-electron chi connectivity index (χ0n) is 5.76. The van der Waals surface area contributed by atoms with Gasteiger partial charge < -0.3 is 10.5 Å². The van der Waals surface area contributed by atoms with Gasteiger partial charge in [0.2, 0.25) is 0 Å². The smallest absolute Gasteiger partial charge is 0.102 e. The summed E-state index contributed by atoms with van der Waals surface area (Å²) in [6, 6.07) is 0.323. The second-order valence-electron chi connectivity index (χ2n) is 3.41. The van der Waals surface area contributed by atoms with Gasteiger partial charge in [0.15, 0.2) is 0 Å². The van der Waals surface area contributed by atoms with Crippen LogP contribution in [0.25, 0.3) is 0 Å². The Kier molecular flexibility index (Phi) is 0.945. The predicted octanol–water partition coefficient (Wildman–Crippen LogP) is 0.655. The average Bonchev–Trinajstić information content (AvgIpc) is 2.43. The Morgan fingerprint density at radius 3 is 3.00 bits per heavy atom. The van der Waals surface area contributed by atoms with Crippen LogP contribution in [0.1, 0.15) is 26.2 Å². The van der Waals surface area contributed by atoms with E-state index < -0.39 is 0 Å². The topological polar surface area (TPSA) is 38.5 Å². The van der Waals surface area contributed by atoms with Gasteiger partial charge in [-0.3, -0.25) is 0 Å². The van der Waals surface area contributed by atoms with Gasteiger partial charge in [-0.15, -0.1) is 0 Å². The first kappa shape index (κ1) is 5.69. The van der Waals surface area contributed by atoms with Crippen molar-refractivity contribution < 1.29 is 4.74 Å². The van der Waals surface area contributed by atoms with Gasteiger partial charge in [0.05, 0.1) is 5.60 Å². The van der Waals surface area contributed by atoms with Crippen molar-refractivity contribution in [3.05, 3.63) is 0 Å². The van der Waals surface area contributed by atoms with Crippen LogP contribution in [-0.4, -0.2) is 17.7 Å². The van der Waals surface area contributed by atoms with E-state index in [1.807, 2.05) is 0 Å². The summed E-state index contributed by atoms with van der Waals surface area (Å²) in [5.41, 5.74) is 5.97. The van der Waals surface area contributed by atoms with E-state index in [1.165, 1.54) is 12.8 Å². The maximum Gasteiger partial charge on any atom is 0.102 e. The van der Waals surface area contributed by atoms with Crippen molar-refractivity contribution in [2.45, 2.75) is 43.9 Å². The number of hydrogen-bond donors (Lipinski definition) is 1. The van der Waals surface area contributed by atoms with Gasteiger partial charge >= 0.3 is 0 Å². The summed E-state index contributed by atoms with van der Waals surface area (Å²) in [5.74, 6) is 0. The molecule has 0 bridgehead atoms. The molecule has 2 fully saturated rings. The van der Waals surface area contributed by atoms with Crippen LogP contribution in [0.2, 0.25) is 0 Å². The Labute approximate surface area is 55.4 Å². The normalized spacial score (nSPS) is 56.7. The van der Waals surface area contributed by atoms with Gasteiger partial charge in [0.25, 0.3) is 0 Å². The molecule has 1 saturated heterocycles. The second kappa shape index (κ2) is 1.50. The van der Waals surface area contributed by atoms with Crippen LogP contribution in [0.3, 0.4) is 0 Å². The lowest BCUT2D eigenvalue weighted by Crippen LogP contribution is -2.34. The molecule has 9 heavy (non-hydrogen) atoms. The quantitative estimate of drug-likeness (QED) is 0.485. The van der Waals surface area contributed by atoms with Gasteiger partial charge in [-0.25, -0.2) is 0 Å². The molecule has 0 radical (unpaired) electrons. The molecule has 2 aliphatic rings. The third kappa shape index (κ3) is 0.700. The van der Waals surface area contributed by atoms with Gasteiger partial charge in [-0.1, -0.05) is 0 Å². The summed E-state index contributed by atoms with van der Waals surface area (Å²) in [4.78, 5) is 0. The highest BCUT2D eigenvalue weighted by Gasteiger charge is 2.56. The van der Waals surface area contributed by atoms with Crippen molar-refractivity contribution in [2.75, 3.05) is 0 Å². The van der Waals surface area contributed by atoms with E-state index in [2.05, 4.69) is 6.92 Å². The highest BCUT2D eigenvalue weighted by Crippen LogP contribution is 2.46. The van der Waals surface area contributed by atoms with Gasteiger partial charge in [0.1, 0.15) is 6.10 Å². The van der Waals surface area contributed by atoms with Crippen molar-refractivity contribution >= 4 is 0 Å². The molecule has 1 aliphatic carbocycles. The van der Waals surface area contributed by atoms with Crippen molar-refractivity contribution in [1.82, 2.24) is 0 Å². The molecule has 0 aromatic carbocycles. The second-order valence-corrected chi connectivity index (χ2v) is 3.41. The Balaban J connectivity index is 2.07. The molecule has 0 aromatic rings. The molecule has 2 N–H and O–H groups in total. The van der Waals surface area contributed by atoms with Crippen molar-refractivity contribution in [3.8, 4) is 0 Å². The molecule has 1 heterocycles. The van der Waals surface area contributed by atoms with Crippen molar-refractivity contribution in [1.29, 1.82) is 0 Å². The number of ether oxygens (including phenoxy) is 1. The number of rotatable bonds is 0. The number of hydrogen-bond acceptors (Lipinski definition) is 2. The highest BCUT2D eigenvalue weighted by atomic mass is 16.6. The third-order valence-electron chi connectivity index (χ3n) is 2.54. The predicted molar refractivity (Wildman–Crippen MR) is 35.1 cm³/mol. The van der Waals surface area contributed by atoms with E-state index >= 15 is 0 Å². The molecular weight excluding hydrogens is 114 g/mol. The largest absolute Gasteiger partial charge is 0.365 e. The number of fused-ring (bicyclic) bond motifs is 1. The highest BCUT2D eigenvalue weighted by molar-refractivity contribution is 5.07. The summed E-state index contributed by atoms with van der Waals surface area (Å²) in [7, 11) is 0.